The Bertz CT molecular complexity index is 859. The average molecular weight is 352 g/mol. The summed E-state index contributed by atoms with van der Waals surface area (Å²) in [4.78, 5) is 25.1. The number of nitro benzene ring substituents is 1. The highest BCUT2D eigenvalue weighted by Gasteiger charge is 2.30. The average Bonchev–Trinajstić information content (AvgIpc) is 2.67. The van der Waals surface area contributed by atoms with Crippen molar-refractivity contribution in [3.05, 3.63) is 69.8 Å². The summed E-state index contributed by atoms with van der Waals surface area (Å²) in [5.41, 5.74) is 2.01. The van der Waals surface area contributed by atoms with Gasteiger partial charge in [-0.15, -0.1) is 0 Å². The van der Waals surface area contributed by atoms with E-state index in [1.807, 2.05) is 44.2 Å². The topological polar surface area (TPSA) is 72.7 Å². The fourth-order valence-corrected chi connectivity index (χ4v) is 2.99. The monoisotopic (exact) mass is 352 g/mol. The first-order chi connectivity index (χ1) is 12.5. The maximum atomic E-state index is 13.1. The van der Waals surface area contributed by atoms with Crippen molar-refractivity contribution in [1.29, 1.82) is 0 Å². The van der Waals surface area contributed by atoms with E-state index < -0.39 is 4.92 Å². The summed E-state index contributed by atoms with van der Waals surface area (Å²) >= 11 is 0. The van der Waals surface area contributed by atoms with Crippen LogP contribution in [0, 0.1) is 10.1 Å². The van der Waals surface area contributed by atoms with Crippen LogP contribution in [0.15, 0.2) is 48.5 Å². The molecule has 0 aliphatic carbocycles. The SMILES string of the molecule is C/C=C\c1cccc2c1OC(CC)CN2C(=O)c1ccc([N+](=O)[O-])cc1. The van der Waals surface area contributed by atoms with Gasteiger partial charge < -0.3 is 9.64 Å². The van der Waals surface area contributed by atoms with E-state index in [2.05, 4.69) is 0 Å². The standard InChI is InChI=1S/C20H20N2O4/c1-3-6-14-7-5-8-18-19(14)26-17(4-2)13-21(18)20(23)15-9-11-16(12-10-15)22(24)25/h3,5-12,17H,4,13H2,1-2H3/b6-3-. The summed E-state index contributed by atoms with van der Waals surface area (Å²) in [6, 6.07) is 11.4. The smallest absolute Gasteiger partial charge is 0.269 e. The van der Waals surface area contributed by atoms with Crippen LogP contribution in [0.1, 0.15) is 36.2 Å². The molecule has 1 aliphatic heterocycles. The van der Waals surface area contributed by atoms with E-state index in [9.17, 15) is 14.9 Å². The largest absolute Gasteiger partial charge is 0.486 e. The first-order valence-corrected chi connectivity index (χ1v) is 8.53. The summed E-state index contributed by atoms with van der Waals surface area (Å²) < 4.78 is 6.10. The van der Waals surface area contributed by atoms with Crippen LogP contribution in [0.4, 0.5) is 11.4 Å². The third-order valence-electron chi connectivity index (χ3n) is 4.36. The number of allylic oxidation sites excluding steroid dienone is 1. The molecular formula is C20H20N2O4. The van der Waals surface area contributed by atoms with Gasteiger partial charge in [0.2, 0.25) is 0 Å². The van der Waals surface area contributed by atoms with Gasteiger partial charge in [0, 0.05) is 23.3 Å². The van der Waals surface area contributed by atoms with Gasteiger partial charge in [-0.05, 0) is 31.5 Å². The minimum Gasteiger partial charge on any atom is -0.486 e. The van der Waals surface area contributed by atoms with Crippen LogP contribution < -0.4 is 9.64 Å². The van der Waals surface area contributed by atoms with Crippen LogP contribution in [-0.4, -0.2) is 23.5 Å². The van der Waals surface area contributed by atoms with E-state index in [0.29, 0.717) is 23.5 Å². The third-order valence-corrected chi connectivity index (χ3v) is 4.36. The van der Waals surface area contributed by atoms with E-state index in [4.69, 9.17) is 4.74 Å². The highest BCUT2D eigenvalue weighted by molar-refractivity contribution is 6.07. The molecule has 0 spiro atoms. The van der Waals surface area contributed by atoms with Gasteiger partial charge in [-0.3, -0.25) is 14.9 Å². The second-order valence-corrected chi connectivity index (χ2v) is 6.06. The lowest BCUT2D eigenvalue weighted by Crippen LogP contribution is -2.43. The predicted octanol–water partition coefficient (Wildman–Crippen LogP) is 4.45. The number of para-hydroxylation sites is 1. The number of rotatable bonds is 4. The maximum Gasteiger partial charge on any atom is 0.269 e. The van der Waals surface area contributed by atoms with Crippen molar-refractivity contribution in [3.8, 4) is 5.75 Å². The Morgan fingerprint density at radius 1 is 1.31 bits per heavy atom. The minimum atomic E-state index is -0.477. The zero-order chi connectivity index (χ0) is 18.7. The second-order valence-electron chi connectivity index (χ2n) is 6.06. The quantitative estimate of drug-likeness (QED) is 0.602. The number of nitrogens with zero attached hydrogens (tertiary/aromatic N) is 2. The molecule has 1 aliphatic rings. The Morgan fingerprint density at radius 3 is 2.65 bits per heavy atom. The molecule has 1 heterocycles. The third kappa shape index (κ3) is 3.31. The predicted molar refractivity (Wildman–Crippen MR) is 101 cm³/mol. The van der Waals surface area contributed by atoms with Gasteiger partial charge in [-0.2, -0.15) is 0 Å². The number of anilines is 1. The lowest BCUT2D eigenvalue weighted by atomic mass is 10.1. The van der Waals surface area contributed by atoms with E-state index in [0.717, 1.165) is 12.0 Å². The zero-order valence-corrected chi connectivity index (χ0v) is 14.7. The summed E-state index contributed by atoms with van der Waals surface area (Å²) in [7, 11) is 0. The summed E-state index contributed by atoms with van der Waals surface area (Å²) in [6.45, 7) is 4.39. The van der Waals surface area contributed by atoms with Gasteiger partial charge >= 0.3 is 0 Å². The molecule has 6 nitrogen and oxygen atoms in total. The Balaban J connectivity index is 2.00. The number of benzene rings is 2. The van der Waals surface area contributed by atoms with Gasteiger partial charge in [-0.25, -0.2) is 0 Å². The number of hydrogen-bond donors (Lipinski definition) is 0. The molecule has 134 valence electrons. The molecule has 2 aromatic carbocycles. The van der Waals surface area contributed by atoms with Crippen LogP contribution >= 0.6 is 0 Å². The molecule has 0 bridgehead atoms. The van der Waals surface area contributed by atoms with Crippen LogP contribution in [-0.2, 0) is 0 Å². The Kier molecular flexibility index (Phi) is 5.02. The molecule has 1 amide bonds. The molecule has 0 radical (unpaired) electrons. The second kappa shape index (κ2) is 7.39. The van der Waals surface area contributed by atoms with Crippen molar-refractivity contribution in [2.75, 3.05) is 11.4 Å². The van der Waals surface area contributed by atoms with Gasteiger partial charge in [0.1, 0.15) is 6.10 Å². The van der Waals surface area contributed by atoms with Crippen molar-refractivity contribution in [2.45, 2.75) is 26.4 Å². The number of carbonyl (C=O) groups is 1. The molecule has 0 N–H and O–H groups in total. The lowest BCUT2D eigenvalue weighted by Gasteiger charge is -2.35. The van der Waals surface area contributed by atoms with Crippen LogP contribution in [0.3, 0.4) is 0 Å². The summed E-state index contributed by atoms with van der Waals surface area (Å²) in [5, 5.41) is 10.8. The van der Waals surface area contributed by atoms with E-state index >= 15 is 0 Å². The zero-order valence-electron chi connectivity index (χ0n) is 14.7. The van der Waals surface area contributed by atoms with E-state index in [-0.39, 0.29) is 17.7 Å². The van der Waals surface area contributed by atoms with Crippen molar-refractivity contribution < 1.29 is 14.5 Å². The van der Waals surface area contributed by atoms with Crippen LogP contribution in [0.5, 0.6) is 5.75 Å². The van der Waals surface area contributed by atoms with Gasteiger partial charge in [0.25, 0.3) is 11.6 Å². The minimum absolute atomic E-state index is 0.0364. The first-order valence-electron chi connectivity index (χ1n) is 8.53. The molecule has 0 fully saturated rings. The molecule has 0 aromatic heterocycles. The molecule has 3 rings (SSSR count). The fraction of sp³-hybridized carbons (Fsp3) is 0.250. The van der Waals surface area contributed by atoms with Crippen molar-refractivity contribution in [3.63, 3.8) is 0 Å². The van der Waals surface area contributed by atoms with Gasteiger partial charge in [0.05, 0.1) is 17.2 Å². The molecule has 0 saturated carbocycles. The summed E-state index contributed by atoms with van der Waals surface area (Å²) in [5.74, 6) is 0.500. The molecular weight excluding hydrogens is 332 g/mol. The normalized spacial score (nSPS) is 16.2. The van der Waals surface area contributed by atoms with E-state index in [1.165, 1.54) is 24.3 Å². The number of amides is 1. The molecule has 1 unspecified atom stereocenters. The Morgan fingerprint density at radius 2 is 2.04 bits per heavy atom. The van der Waals surface area contributed by atoms with Gasteiger partial charge in [-0.1, -0.05) is 31.2 Å². The van der Waals surface area contributed by atoms with Crippen molar-refractivity contribution in [2.24, 2.45) is 0 Å². The number of nitro groups is 1. The Hall–Kier alpha value is -3.15. The number of non-ortho nitro benzene ring substituents is 1. The number of carbonyl (C=O) groups excluding carboxylic acids is 1. The van der Waals surface area contributed by atoms with E-state index in [1.54, 1.807) is 4.90 Å². The number of fused-ring (bicyclic) bond motifs is 1. The molecule has 26 heavy (non-hydrogen) atoms. The van der Waals surface area contributed by atoms with Gasteiger partial charge in [0.15, 0.2) is 5.75 Å². The van der Waals surface area contributed by atoms with Crippen molar-refractivity contribution >= 4 is 23.4 Å². The lowest BCUT2D eigenvalue weighted by molar-refractivity contribution is -0.384. The number of ether oxygens (including phenoxy) is 1. The first kappa shape index (κ1) is 17.7. The maximum absolute atomic E-state index is 13.1. The van der Waals surface area contributed by atoms with Crippen molar-refractivity contribution in [1.82, 2.24) is 0 Å². The molecule has 1 atom stereocenters. The summed E-state index contributed by atoms with van der Waals surface area (Å²) in [6.07, 6.45) is 4.55. The van der Waals surface area contributed by atoms with Crippen LogP contribution in [0.25, 0.3) is 6.08 Å². The molecule has 2 aromatic rings. The highest BCUT2D eigenvalue weighted by Crippen LogP contribution is 2.38. The molecule has 6 heteroatoms. The molecule has 0 saturated heterocycles. The number of hydrogen-bond acceptors (Lipinski definition) is 4. The Labute approximate surface area is 151 Å². The fourth-order valence-electron chi connectivity index (χ4n) is 2.99. The highest BCUT2D eigenvalue weighted by atomic mass is 16.6. The van der Waals surface area contributed by atoms with Crippen LogP contribution in [0.2, 0.25) is 0 Å².